The van der Waals surface area contributed by atoms with Crippen molar-refractivity contribution >= 4 is 23.4 Å². The number of nitrogen functional groups attached to an aromatic ring is 1. The third-order valence-corrected chi connectivity index (χ3v) is 4.44. The molecule has 0 spiro atoms. The van der Waals surface area contributed by atoms with Gasteiger partial charge in [-0.3, -0.25) is 4.79 Å². The van der Waals surface area contributed by atoms with E-state index in [0.717, 1.165) is 17.7 Å². The molecule has 1 fully saturated rings. The van der Waals surface area contributed by atoms with Crippen molar-refractivity contribution in [3.8, 4) is 0 Å². The average molecular weight is 264 g/mol. The van der Waals surface area contributed by atoms with Gasteiger partial charge in [0.1, 0.15) is 0 Å². The molecule has 1 aromatic carbocycles. The highest BCUT2D eigenvalue weighted by Gasteiger charge is 2.15. The number of hydrogen-bond acceptors (Lipinski definition) is 3. The van der Waals surface area contributed by atoms with Crippen LogP contribution >= 0.6 is 11.8 Å². The van der Waals surface area contributed by atoms with Crippen LogP contribution in [0.3, 0.4) is 0 Å². The van der Waals surface area contributed by atoms with Crippen LogP contribution in [0.15, 0.2) is 18.2 Å². The molecule has 0 radical (unpaired) electrons. The summed E-state index contributed by atoms with van der Waals surface area (Å²) in [4.78, 5) is 12.1. The summed E-state index contributed by atoms with van der Waals surface area (Å²) in [6.07, 6.45) is 2.43. The van der Waals surface area contributed by atoms with E-state index >= 15 is 0 Å². The van der Waals surface area contributed by atoms with Crippen molar-refractivity contribution in [1.29, 1.82) is 0 Å². The normalized spacial score (nSPS) is 16.5. The standard InChI is InChI=1S/C14H20N2OS/c1-10-8-12(15)2-3-13(10)14(17)16-9-11-4-6-18-7-5-11/h2-3,8,11H,4-7,9,15H2,1H3,(H,16,17). The quantitative estimate of drug-likeness (QED) is 0.825. The Kier molecular flexibility index (Phi) is 4.53. The Labute approximate surface area is 113 Å². The van der Waals surface area contributed by atoms with Crippen LogP contribution in [0.5, 0.6) is 0 Å². The van der Waals surface area contributed by atoms with Gasteiger partial charge >= 0.3 is 0 Å². The lowest BCUT2D eigenvalue weighted by atomic mass is 10.0. The molecule has 2 rings (SSSR count). The zero-order valence-electron chi connectivity index (χ0n) is 10.7. The molecule has 0 unspecified atom stereocenters. The van der Waals surface area contributed by atoms with Crippen molar-refractivity contribution in [2.24, 2.45) is 5.92 Å². The van der Waals surface area contributed by atoms with Crippen LogP contribution in [0.4, 0.5) is 5.69 Å². The minimum Gasteiger partial charge on any atom is -0.399 e. The van der Waals surface area contributed by atoms with Crippen LogP contribution in [0.25, 0.3) is 0 Å². The molecular formula is C14H20N2OS. The Balaban J connectivity index is 1.90. The van der Waals surface area contributed by atoms with E-state index in [2.05, 4.69) is 5.32 Å². The second-order valence-corrected chi connectivity index (χ2v) is 6.06. The van der Waals surface area contributed by atoms with Gasteiger partial charge in [-0.2, -0.15) is 11.8 Å². The molecule has 0 bridgehead atoms. The molecule has 18 heavy (non-hydrogen) atoms. The van der Waals surface area contributed by atoms with Gasteiger partial charge in [0.05, 0.1) is 0 Å². The van der Waals surface area contributed by atoms with Gasteiger partial charge in [-0.15, -0.1) is 0 Å². The lowest BCUT2D eigenvalue weighted by molar-refractivity contribution is 0.0946. The fourth-order valence-corrected chi connectivity index (χ4v) is 3.43. The van der Waals surface area contributed by atoms with Gasteiger partial charge in [0.15, 0.2) is 0 Å². The SMILES string of the molecule is Cc1cc(N)ccc1C(=O)NCC1CCSCC1. The van der Waals surface area contributed by atoms with Crippen molar-refractivity contribution in [3.05, 3.63) is 29.3 Å². The van der Waals surface area contributed by atoms with Crippen molar-refractivity contribution in [2.45, 2.75) is 19.8 Å². The van der Waals surface area contributed by atoms with E-state index in [-0.39, 0.29) is 5.91 Å². The van der Waals surface area contributed by atoms with E-state index in [0.29, 0.717) is 11.6 Å². The highest BCUT2D eigenvalue weighted by molar-refractivity contribution is 7.99. The predicted octanol–water partition coefficient (Wildman–Crippen LogP) is 2.45. The van der Waals surface area contributed by atoms with E-state index in [1.807, 2.05) is 24.8 Å². The number of nitrogens with one attached hydrogen (secondary N) is 1. The number of aryl methyl sites for hydroxylation is 1. The van der Waals surface area contributed by atoms with Gasteiger partial charge in [-0.25, -0.2) is 0 Å². The Bertz CT molecular complexity index is 428. The summed E-state index contributed by atoms with van der Waals surface area (Å²) in [6, 6.07) is 5.42. The van der Waals surface area contributed by atoms with Crippen LogP contribution in [0.2, 0.25) is 0 Å². The maximum Gasteiger partial charge on any atom is 0.251 e. The number of nitrogens with two attached hydrogens (primary N) is 1. The topological polar surface area (TPSA) is 55.1 Å². The molecule has 1 aliphatic rings. The molecule has 1 aliphatic heterocycles. The number of anilines is 1. The third-order valence-electron chi connectivity index (χ3n) is 3.39. The average Bonchev–Trinajstić information content (AvgIpc) is 2.37. The molecular weight excluding hydrogens is 244 g/mol. The summed E-state index contributed by atoms with van der Waals surface area (Å²) in [5, 5.41) is 3.04. The van der Waals surface area contributed by atoms with Crippen molar-refractivity contribution in [3.63, 3.8) is 0 Å². The van der Waals surface area contributed by atoms with Gasteiger partial charge < -0.3 is 11.1 Å². The number of benzene rings is 1. The smallest absolute Gasteiger partial charge is 0.251 e. The molecule has 4 heteroatoms. The first-order valence-electron chi connectivity index (χ1n) is 6.39. The first-order valence-corrected chi connectivity index (χ1v) is 7.54. The summed E-state index contributed by atoms with van der Waals surface area (Å²) in [5.74, 6) is 3.11. The van der Waals surface area contributed by atoms with Crippen LogP contribution in [0, 0.1) is 12.8 Å². The van der Waals surface area contributed by atoms with E-state index in [1.54, 1.807) is 12.1 Å². The number of hydrogen-bond donors (Lipinski definition) is 2. The second kappa shape index (κ2) is 6.14. The maximum atomic E-state index is 12.1. The van der Waals surface area contributed by atoms with Gasteiger partial charge in [-0.05, 0) is 61.0 Å². The number of carbonyl (C=O) groups is 1. The van der Waals surface area contributed by atoms with Gasteiger partial charge in [0, 0.05) is 17.8 Å². The van der Waals surface area contributed by atoms with E-state index in [4.69, 9.17) is 5.73 Å². The number of thioether (sulfide) groups is 1. The third kappa shape index (κ3) is 3.42. The van der Waals surface area contributed by atoms with Crippen molar-refractivity contribution in [1.82, 2.24) is 5.32 Å². The van der Waals surface area contributed by atoms with Crippen molar-refractivity contribution in [2.75, 3.05) is 23.8 Å². The minimum absolute atomic E-state index is 0.0192. The fourth-order valence-electron chi connectivity index (χ4n) is 2.22. The first-order chi connectivity index (χ1) is 8.66. The van der Waals surface area contributed by atoms with E-state index in [9.17, 15) is 4.79 Å². The minimum atomic E-state index is 0.0192. The fraction of sp³-hybridized carbons (Fsp3) is 0.500. The zero-order valence-corrected chi connectivity index (χ0v) is 11.6. The van der Waals surface area contributed by atoms with Gasteiger partial charge in [0.2, 0.25) is 0 Å². The Morgan fingerprint density at radius 2 is 2.17 bits per heavy atom. The molecule has 1 saturated heterocycles. The molecule has 3 nitrogen and oxygen atoms in total. The number of amides is 1. The molecule has 3 N–H and O–H groups in total. The van der Waals surface area contributed by atoms with E-state index < -0.39 is 0 Å². The summed E-state index contributed by atoms with van der Waals surface area (Å²) in [7, 11) is 0. The number of carbonyl (C=O) groups excluding carboxylic acids is 1. The van der Waals surface area contributed by atoms with Gasteiger partial charge in [-0.1, -0.05) is 0 Å². The molecule has 1 heterocycles. The monoisotopic (exact) mass is 264 g/mol. The van der Waals surface area contributed by atoms with Crippen LogP contribution in [0.1, 0.15) is 28.8 Å². The zero-order chi connectivity index (χ0) is 13.0. The highest BCUT2D eigenvalue weighted by atomic mass is 32.2. The number of rotatable bonds is 3. The van der Waals surface area contributed by atoms with Crippen LogP contribution < -0.4 is 11.1 Å². The molecule has 1 aromatic rings. The summed E-state index contributed by atoms with van der Waals surface area (Å²) in [5.41, 5.74) is 8.05. The summed E-state index contributed by atoms with van der Waals surface area (Å²) < 4.78 is 0. The molecule has 0 aromatic heterocycles. The Morgan fingerprint density at radius 1 is 1.44 bits per heavy atom. The first kappa shape index (κ1) is 13.3. The van der Waals surface area contributed by atoms with Gasteiger partial charge in [0.25, 0.3) is 5.91 Å². The predicted molar refractivity (Wildman–Crippen MR) is 78.0 cm³/mol. The lowest BCUT2D eigenvalue weighted by Gasteiger charge is -2.21. The van der Waals surface area contributed by atoms with Crippen molar-refractivity contribution < 1.29 is 4.79 Å². The van der Waals surface area contributed by atoms with E-state index in [1.165, 1.54) is 24.3 Å². The highest BCUT2D eigenvalue weighted by Crippen LogP contribution is 2.22. The maximum absolute atomic E-state index is 12.1. The Hall–Kier alpha value is -1.16. The lowest BCUT2D eigenvalue weighted by Crippen LogP contribution is -2.31. The molecule has 0 aliphatic carbocycles. The van der Waals surface area contributed by atoms with Crippen LogP contribution in [-0.4, -0.2) is 24.0 Å². The Morgan fingerprint density at radius 3 is 2.83 bits per heavy atom. The molecule has 1 amide bonds. The molecule has 98 valence electrons. The summed E-state index contributed by atoms with van der Waals surface area (Å²) in [6.45, 7) is 2.71. The molecule has 0 saturated carbocycles. The molecule has 0 atom stereocenters. The largest absolute Gasteiger partial charge is 0.399 e. The summed E-state index contributed by atoms with van der Waals surface area (Å²) >= 11 is 2.01. The van der Waals surface area contributed by atoms with Crippen LogP contribution in [-0.2, 0) is 0 Å². The second-order valence-electron chi connectivity index (χ2n) is 4.84.